The quantitative estimate of drug-likeness (QED) is 0.758. The van der Waals surface area contributed by atoms with Gasteiger partial charge in [-0.25, -0.2) is 0 Å². The summed E-state index contributed by atoms with van der Waals surface area (Å²) in [7, 11) is 0. The average Bonchev–Trinajstić information content (AvgIpc) is 2.45. The Morgan fingerprint density at radius 3 is 2.38 bits per heavy atom. The van der Waals surface area contributed by atoms with Gasteiger partial charge in [-0.1, -0.05) is 30.3 Å². The molecule has 0 bridgehead atoms. The summed E-state index contributed by atoms with van der Waals surface area (Å²) >= 11 is 0. The van der Waals surface area contributed by atoms with Crippen LogP contribution in [0.15, 0.2) is 48.5 Å². The molecular formula is C15H15F3N2O. The summed E-state index contributed by atoms with van der Waals surface area (Å²) in [6.07, 6.45) is -5.31. The van der Waals surface area contributed by atoms with Crippen molar-refractivity contribution in [1.82, 2.24) is 0 Å². The summed E-state index contributed by atoms with van der Waals surface area (Å²) in [5.41, 5.74) is 5.06. The number of nitrogens with one attached hydrogen (secondary N) is 1. The van der Waals surface area contributed by atoms with Crippen LogP contribution in [0.1, 0.15) is 17.2 Å². The number of aliphatic hydroxyl groups excluding tert-OH is 1. The minimum atomic E-state index is -4.50. The first-order valence-corrected chi connectivity index (χ1v) is 6.31. The van der Waals surface area contributed by atoms with E-state index in [9.17, 15) is 18.3 Å². The standard InChI is InChI=1S/C15H15F3N2O/c16-15(17,18)12-8-11(6-7-13(12)19)20-9-14(21)10-4-2-1-3-5-10/h1-8,14,20-21H,9,19H2. The van der Waals surface area contributed by atoms with E-state index in [4.69, 9.17) is 5.73 Å². The molecule has 0 aliphatic heterocycles. The smallest absolute Gasteiger partial charge is 0.398 e. The number of nitrogens with two attached hydrogens (primary N) is 1. The number of rotatable bonds is 4. The van der Waals surface area contributed by atoms with E-state index in [1.54, 1.807) is 24.3 Å². The zero-order chi connectivity index (χ0) is 15.5. The molecule has 1 atom stereocenters. The lowest BCUT2D eigenvalue weighted by atomic mass is 10.1. The van der Waals surface area contributed by atoms with Crippen LogP contribution in [-0.2, 0) is 6.18 Å². The number of alkyl halides is 3. The molecule has 0 aromatic heterocycles. The number of halogens is 3. The summed E-state index contributed by atoms with van der Waals surface area (Å²) in [5.74, 6) is 0. The van der Waals surface area contributed by atoms with Crippen LogP contribution in [0.2, 0.25) is 0 Å². The molecule has 0 saturated carbocycles. The van der Waals surface area contributed by atoms with Crippen molar-refractivity contribution >= 4 is 11.4 Å². The maximum absolute atomic E-state index is 12.7. The molecule has 0 spiro atoms. The van der Waals surface area contributed by atoms with Crippen LogP contribution in [0.3, 0.4) is 0 Å². The fraction of sp³-hybridized carbons (Fsp3) is 0.200. The van der Waals surface area contributed by atoms with Crippen LogP contribution in [0.25, 0.3) is 0 Å². The van der Waals surface area contributed by atoms with Crippen molar-refractivity contribution in [2.75, 3.05) is 17.6 Å². The van der Waals surface area contributed by atoms with E-state index < -0.39 is 17.8 Å². The first-order chi connectivity index (χ1) is 9.88. The van der Waals surface area contributed by atoms with Gasteiger partial charge in [0.1, 0.15) is 0 Å². The highest BCUT2D eigenvalue weighted by molar-refractivity contribution is 5.58. The lowest BCUT2D eigenvalue weighted by Gasteiger charge is -2.15. The van der Waals surface area contributed by atoms with Crippen LogP contribution in [0.5, 0.6) is 0 Å². The predicted octanol–water partition coefficient (Wildman–Crippen LogP) is 3.43. The molecule has 0 radical (unpaired) electrons. The first kappa shape index (κ1) is 15.2. The van der Waals surface area contributed by atoms with Crippen molar-refractivity contribution in [2.45, 2.75) is 12.3 Å². The molecule has 0 heterocycles. The number of hydrogen-bond acceptors (Lipinski definition) is 3. The molecule has 2 aromatic rings. The third-order valence-corrected chi connectivity index (χ3v) is 3.04. The minimum absolute atomic E-state index is 0.102. The van der Waals surface area contributed by atoms with E-state index in [0.29, 0.717) is 5.56 Å². The largest absolute Gasteiger partial charge is 0.418 e. The number of nitrogen functional groups attached to an aromatic ring is 1. The SMILES string of the molecule is Nc1ccc(NCC(O)c2ccccc2)cc1C(F)(F)F. The summed E-state index contributed by atoms with van der Waals surface area (Å²) in [5, 5.41) is 12.7. The van der Waals surface area contributed by atoms with E-state index >= 15 is 0 Å². The van der Waals surface area contributed by atoms with E-state index in [-0.39, 0.29) is 17.9 Å². The van der Waals surface area contributed by atoms with Crippen molar-refractivity contribution in [3.63, 3.8) is 0 Å². The third-order valence-electron chi connectivity index (χ3n) is 3.04. The van der Waals surface area contributed by atoms with Crippen molar-refractivity contribution in [2.24, 2.45) is 0 Å². The molecule has 112 valence electrons. The molecule has 6 heteroatoms. The van der Waals surface area contributed by atoms with E-state index in [1.807, 2.05) is 6.07 Å². The fourth-order valence-corrected chi connectivity index (χ4v) is 1.92. The maximum atomic E-state index is 12.7. The topological polar surface area (TPSA) is 58.3 Å². The lowest BCUT2D eigenvalue weighted by Crippen LogP contribution is -2.14. The monoisotopic (exact) mass is 296 g/mol. The Kier molecular flexibility index (Phi) is 4.37. The average molecular weight is 296 g/mol. The second-order valence-corrected chi connectivity index (χ2v) is 4.61. The van der Waals surface area contributed by atoms with Crippen LogP contribution in [0, 0.1) is 0 Å². The Balaban J connectivity index is 2.07. The van der Waals surface area contributed by atoms with Crippen molar-refractivity contribution < 1.29 is 18.3 Å². The van der Waals surface area contributed by atoms with Crippen molar-refractivity contribution in [1.29, 1.82) is 0 Å². The fourth-order valence-electron chi connectivity index (χ4n) is 1.92. The second kappa shape index (κ2) is 6.05. The molecule has 0 saturated heterocycles. The van der Waals surface area contributed by atoms with Gasteiger partial charge in [-0.3, -0.25) is 0 Å². The summed E-state index contributed by atoms with van der Waals surface area (Å²) < 4.78 is 38.2. The van der Waals surface area contributed by atoms with E-state index in [0.717, 1.165) is 6.07 Å². The van der Waals surface area contributed by atoms with Gasteiger partial charge in [-0.2, -0.15) is 13.2 Å². The number of anilines is 2. The zero-order valence-corrected chi connectivity index (χ0v) is 11.1. The van der Waals surface area contributed by atoms with Crippen molar-refractivity contribution in [3.8, 4) is 0 Å². The van der Waals surface area contributed by atoms with Crippen molar-refractivity contribution in [3.05, 3.63) is 59.7 Å². The summed E-state index contributed by atoms with van der Waals surface area (Å²) in [6, 6.07) is 12.5. The van der Waals surface area contributed by atoms with Gasteiger partial charge in [0.25, 0.3) is 0 Å². The normalized spacial score (nSPS) is 13.0. The second-order valence-electron chi connectivity index (χ2n) is 4.61. The van der Waals surface area contributed by atoms with Crippen LogP contribution in [-0.4, -0.2) is 11.7 Å². The van der Waals surface area contributed by atoms with Gasteiger partial charge in [0.05, 0.1) is 11.7 Å². The highest BCUT2D eigenvalue weighted by atomic mass is 19.4. The molecular weight excluding hydrogens is 281 g/mol. The molecule has 0 aliphatic carbocycles. The minimum Gasteiger partial charge on any atom is -0.398 e. The zero-order valence-electron chi connectivity index (χ0n) is 11.1. The molecule has 0 amide bonds. The van der Waals surface area contributed by atoms with Gasteiger partial charge in [0, 0.05) is 17.9 Å². The molecule has 0 fully saturated rings. The lowest BCUT2D eigenvalue weighted by molar-refractivity contribution is -0.136. The highest BCUT2D eigenvalue weighted by Gasteiger charge is 2.33. The molecule has 21 heavy (non-hydrogen) atoms. The maximum Gasteiger partial charge on any atom is 0.418 e. The van der Waals surface area contributed by atoms with Crippen LogP contribution in [0.4, 0.5) is 24.5 Å². The molecule has 1 unspecified atom stereocenters. The van der Waals surface area contributed by atoms with E-state index in [2.05, 4.69) is 5.32 Å². The Morgan fingerprint density at radius 1 is 1.10 bits per heavy atom. The van der Waals surface area contributed by atoms with Gasteiger partial charge in [-0.15, -0.1) is 0 Å². The van der Waals surface area contributed by atoms with Gasteiger partial charge in [0.2, 0.25) is 0 Å². The van der Waals surface area contributed by atoms with Crippen LogP contribution < -0.4 is 11.1 Å². The van der Waals surface area contributed by atoms with Gasteiger partial charge in [-0.05, 0) is 23.8 Å². The Morgan fingerprint density at radius 2 is 1.76 bits per heavy atom. The third kappa shape index (κ3) is 3.88. The predicted molar refractivity (Wildman–Crippen MR) is 75.7 cm³/mol. The number of aliphatic hydroxyl groups is 1. The van der Waals surface area contributed by atoms with E-state index in [1.165, 1.54) is 12.1 Å². The Labute approximate surface area is 120 Å². The Hall–Kier alpha value is -2.21. The number of benzene rings is 2. The molecule has 2 aromatic carbocycles. The van der Waals surface area contributed by atoms with Gasteiger partial charge >= 0.3 is 6.18 Å². The molecule has 0 aliphatic rings. The van der Waals surface area contributed by atoms with Gasteiger partial charge in [0.15, 0.2) is 0 Å². The highest BCUT2D eigenvalue weighted by Crippen LogP contribution is 2.35. The number of hydrogen-bond donors (Lipinski definition) is 3. The Bertz CT molecular complexity index is 600. The molecule has 2 rings (SSSR count). The summed E-state index contributed by atoms with van der Waals surface area (Å²) in [6.45, 7) is 0.102. The van der Waals surface area contributed by atoms with Crippen LogP contribution >= 0.6 is 0 Å². The molecule has 4 N–H and O–H groups in total. The summed E-state index contributed by atoms with van der Waals surface area (Å²) in [4.78, 5) is 0. The van der Waals surface area contributed by atoms with Gasteiger partial charge < -0.3 is 16.2 Å². The first-order valence-electron chi connectivity index (χ1n) is 6.31. The molecule has 3 nitrogen and oxygen atoms in total.